The van der Waals surface area contributed by atoms with Gasteiger partial charge < -0.3 is 5.73 Å². The summed E-state index contributed by atoms with van der Waals surface area (Å²) in [5, 5.41) is 5.64. The van der Waals surface area contributed by atoms with Crippen LogP contribution in [0.15, 0.2) is 5.38 Å². The lowest BCUT2D eigenvalue weighted by atomic mass is 10.1. The van der Waals surface area contributed by atoms with E-state index >= 15 is 0 Å². The van der Waals surface area contributed by atoms with Crippen LogP contribution in [0.25, 0.3) is 0 Å². The van der Waals surface area contributed by atoms with E-state index in [-0.39, 0.29) is 17.5 Å². The quantitative estimate of drug-likeness (QED) is 0.804. The molecule has 0 amide bonds. The summed E-state index contributed by atoms with van der Waals surface area (Å²) in [5.41, 5.74) is 6.56. The Morgan fingerprint density at radius 2 is 2.33 bits per heavy atom. The van der Waals surface area contributed by atoms with E-state index in [1.807, 2.05) is 0 Å². The van der Waals surface area contributed by atoms with Crippen molar-refractivity contribution in [2.45, 2.75) is 25.8 Å². The van der Waals surface area contributed by atoms with Crippen LogP contribution in [0.2, 0.25) is 0 Å². The Labute approximate surface area is 93.8 Å². The van der Waals surface area contributed by atoms with E-state index in [4.69, 9.17) is 5.73 Å². The molecule has 0 bridgehead atoms. The molecule has 15 heavy (non-hydrogen) atoms. The molecule has 0 fully saturated rings. The Morgan fingerprint density at radius 1 is 1.60 bits per heavy atom. The summed E-state index contributed by atoms with van der Waals surface area (Å²) < 4.78 is 26.1. The van der Waals surface area contributed by atoms with Gasteiger partial charge in [-0.15, -0.1) is 5.10 Å². The third-order valence-electron chi connectivity index (χ3n) is 2.17. The summed E-state index contributed by atoms with van der Waals surface area (Å²) in [6.45, 7) is 1.65. The minimum atomic E-state index is -2.87. The summed E-state index contributed by atoms with van der Waals surface area (Å²) in [7, 11) is -2.87. The van der Waals surface area contributed by atoms with Crippen molar-refractivity contribution in [1.29, 1.82) is 0 Å². The van der Waals surface area contributed by atoms with Gasteiger partial charge in [-0.25, -0.2) is 8.42 Å². The second kappa shape index (κ2) is 5.53. The van der Waals surface area contributed by atoms with Crippen LogP contribution in [-0.2, 0) is 9.84 Å². The molecule has 0 saturated heterocycles. The first-order valence-electron chi connectivity index (χ1n) is 4.78. The van der Waals surface area contributed by atoms with Crippen LogP contribution >= 0.6 is 11.5 Å². The average molecular weight is 249 g/mol. The van der Waals surface area contributed by atoms with Gasteiger partial charge in [0.15, 0.2) is 0 Å². The fourth-order valence-corrected chi connectivity index (χ4v) is 2.56. The van der Waals surface area contributed by atoms with Crippen LogP contribution in [0.4, 0.5) is 0 Å². The van der Waals surface area contributed by atoms with Gasteiger partial charge in [-0.2, -0.15) is 0 Å². The maximum Gasteiger partial charge on any atom is 0.150 e. The Bertz CT molecular complexity index is 375. The highest BCUT2D eigenvalue weighted by atomic mass is 32.2. The van der Waals surface area contributed by atoms with Crippen molar-refractivity contribution in [2.75, 3.05) is 11.5 Å². The molecule has 0 aliphatic heterocycles. The molecule has 0 spiro atoms. The van der Waals surface area contributed by atoms with Crippen molar-refractivity contribution in [3.05, 3.63) is 11.1 Å². The standard InChI is InChI=1S/C8H15N3O2S2/c1-2-15(12,13)5-3-4-7(9)8-6-14-11-10-8/h6-7H,2-5,9H2,1H3. The first-order valence-corrected chi connectivity index (χ1v) is 7.44. The van der Waals surface area contributed by atoms with Gasteiger partial charge >= 0.3 is 0 Å². The van der Waals surface area contributed by atoms with E-state index in [2.05, 4.69) is 9.59 Å². The molecule has 7 heteroatoms. The maximum absolute atomic E-state index is 11.2. The Morgan fingerprint density at radius 3 is 2.87 bits per heavy atom. The summed E-state index contributed by atoms with van der Waals surface area (Å²) in [4.78, 5) is 0. The van der Waals surface area contributed by atoms with Gasteiger partial charge in [0.25, 0.3) is 0 Å². The zero-order valence-electron chi connectivity index (χ0n) is 8.59. The summed E-state index contributed by atoms with van der Waals surface area (Å²) in [5.74, 6) is 0.398. The third-order valence-corrected chi connectivity index (χ3v) is 4.48. The minimum absolute atomic E-state index is 0.195. The van der Waals surface area contributed by atoms with E-state index in [0.717, 1.165) is 5.69 Å². The van der Waals surface area contributed by atoms with Crippen molar-refractivity contribution in [2.24, 2.45) is 5.73 Å². The highest BCUT2D eigenvalue weighted by Gasteiger charge is 2.12. The maximum atomic E-state index is 11.2. The molecule has 1 aromatic rings. The predicted molar refractivity (Wildman–Crippen MR) is 60.4 cm³/mol. The third kappa shape index (κ3) is 4.23. The molecule has 1 heterocycles. The van der Waals surface area contributed by atoms with Crippen LogP contribution < -0.4 is 5.73 Å². The van der Waals surface area contributed by atoms with Gasteiger partial charge in [-0.05, 0) is 24.4 Å². The summed E-state index contributed by atoms with van der Waals surface area (Å²) >= 11 is 1.25. The molecule has 0 saturated carbocycles. The van der Waals surface area contributed by atoms with Crippen LogP contribution in [0.5, 0.6) is 0 Å². The molecular formula is C8H15N3O2S2. The van der Waals surface area contributed by atoms with E-state index in [1.165, 1.54) is 11.5 Å². The van der Waals surface area contributed by atoms with Crippen LogP contribution in [0.1, 0.15) is 31.5 Å². The lowest BCUT2D eigenvalue weighted by molar-refractivity contribution is 0.580. The van der Waals surface area contributed by atoms with E-state index in [0.29, 0.717) is 12.8 Å². The molecular weight excluding hydrogens is 234 g/mol. The molecule has 86 valence electrons. The lowest BCUT2D eigenvalue weighted by Gasteiger charge is -2.07. The number of hydrogen-bond acceptors (Lipinski definition) is 6. The zero-order chi connectivity index (χ0) is 11.3. The zero-order valence-corrected chi connectivity index (χ0v) is 10.2. The number of nitrogens with zero attached hydrogens (tertiary/aromatic N) is 2. The molecule has 5 nitrogen and oxygen atoms in total. The molecule has 1 unspecified atom stereocenters. The fraction of sp³-hybridized carbons (Fsp3) is 0.750. The highest BCUT2D eigenvalue weighted by molar-refractivity contribution is 7.91. The summed E-state index contributed by atoms with van der Waals surface area (Å²) in [6.07, 6.45) is 1.21. The van der Waals surface area contributed by atoms with Gasteiger partial charge in [-0.1, -0.05) is 11.4 Å². The second-order valence-corrected chi connectivity index (χ2v) is 6.40. The molecule has 0 aliphatic carbocycles. The van der Waals surface area contributed by atoms with Crippen LogP contribution in [0, 0.1) is 0 Å². The van der Waals surface area contributed by atoms with Crippen molar-refractivity contribution in [3.63, 3.8) is 0 Å². The van der Waals surface area contributed by atoms with Crippen molar-refractivity contribution >= 4 is 21.4 Å². The van der Waals surface area contributed by atoms with Crippen LogP contribution in [0.3, 0.4) is 0 Å². The number of nitrogens with two attached hydrogens (primary N) is 1. The van der Waals surface area contributed by atoms with Gasteiger partial charge in [-0.3, -0.25) is 0 Å². The Hall–Kier alpha value is -0.530. The molecule has 0 radical (unpaired) electrons. The molecule has 2 N–H and O–H groups in total. The highest BCUT2D eigenvalue weighted by Crippen LogP contribution is 2.14. The monoisotopic (exact) mass is 249 g/mol. The molecule has 1 aromatic heterocycles. The van der Waals surface area contributed by atoms with E-state index < -0.39 is 9.84 Å². The van der Waals surface area contributed by atoms with Crippen molar-refractivity contribution < 1.29 is 8.42 Å². The molecule has 0 aromatic carbocycles. The largest absolute Gasteiger partial charge is 0.323 e. The number of rotatable bonds is 6. The average Bonchev–Trinajstić information content (AvgIpc) is 2.70. The molecule has 1 rings (SSSR count). The summed E-state index contributed by atoms with van der Waals surface area (Å²) in [6, 6.07) is -0.198. The van der Waals surface area contributed by atoms with Gasteiger partial charge in [0, 0.05) is 17.2 Å². The Kier molecular flexibility index (Phi) is 4.62. The predicted octanol–water partition coefficient (Wildman–Crippen LogP) is 0.753. The molecule has 0 aliphatic rings. The van der Waals surface area contributed by atoms with Crippen LogP contribution in [-0.4, -0.2) is 29.5 Å². The first kappa shape index (κ1) is 12.5. The van der Waals surface area contributed by atoms with Crippen molar-refractivity contribution in [1.82, 2.24) is 9.59 Å². The molecule has 1 atom stereocenters. The minimum Gasteiger partial charge on any atom is -0.323 e. The topological polar surface area (TPSA) is 85.9 Å². The smallest absolute Gasteiger partial charge is 0.150 e. The SMILES string of the molecule is CCS(=O)(=O)CCCC(N)c1csnn1. The number of sulfone groups is 1. The van der Waals surface area contributed by atoms with Crippen molar-refractivity contribution in [3.8, 4) is 0 Å². The van der Waals surface area contributed by atoms with Gasteiger partial charge in [0.05, 0.1) is 11.4 Å². The number of aromatic nitrogens is 2. The second-order valence-electron chi connectivity index (χ2n) is 3.31. The number of hydrogen-bond donors (Lipinski definition) is 1. The normalized spacial score (nSPS) is 14.0. The van der Waals surface area contributed by atoms with E-state index in [1.54, 1.807) is 12.3 Å². The first-order chi connectivity index (χ1) is 7.05. The lowest BCUT2D eigenvalue weighted by Crippen LogP contribution is -2.14. The van der Waals surface area contributed by atoms with E-state index in [9.17, 15) is 8.42 Å². The Balaban J connectivity index is 2.33. The fourth-order valence-electron chi connectivity index (χ4n) is 1.15. The van der Waals surface area contributed by atoms with Gasteiger partial charge in [0.2, 0.25) is 0 Å². The van der Waals surface area contributed by atoms with Gasteiger partial charge in [0.1, 0.15) is 9.84 Å².